The average Bonchev–Trinajstić information content (AvgIpc) is 2.53. The minimum absolute atomic E-state index is 0.0211. The zero-order chi connectivity index (χ0) is 17.7. The van der Waals surface area contributed by atoms with Gasteiger partial charge in [-0.15, -0.1) is 0 Å². The van der Waals surface area contributed by atoms with Crippen LogP contribution in [0.2, 0.25) is 0 Å². The van der Waals surface area contributed by atoms with E-state index < -0.39 is 24.7 Å². The predicted molar refractivity (Wildman–Crippen MR) is 82.8 cm³/mol. The Morgan fingerprint density at radius 2 is 1.88 bits per heavy atom. The van der Waals surface area contributed by atoms with Crippen molar-refractivity contribution in [2.24, 2.45) is 0 Å². The summed E-state index contributed by atoms with van der Waals surface area (Å²) in [5, 5.41) is 0. The van der Waals surface area contributed by atoms with Gasteiger partial charge in [-0.3, -0.25) is 4.79 Å². The molecule has 1 fully saturated rings. The number of halogens is 3. The third-order valence-corrected chi connectivity index (χ3v) is 3.60. The van der Waals surface area contributed by atoms with E-state index in [0.717, 1.165) is 10.6 Å². The SMILES string of the molecule is CN(C)c1ccc(CN(CC(F)(F)F)C(=O)[C@@H]2COCCO2)cc1. The highest BCUT2D eigenvalue weighted by Crippen LogP contribution is 2.21. The maximum atomic E-state index is 12.8. The van der Waals surface area contributed by atoms with Crippen molar-refractivity contribution in [2.45, 2.75) is 18.8 Å². The molecule has 2 rings (SSSR count). The first-order valence-corrected chi connectivity index (χ1v) is 7.57. The van der Waals surface area contributed by atoms with Crippen LogP contribution >= 0.6 is 0 Å². The first kappa shape index (κ1) is 18.5. The molecule has 0 radical (unpaired) electrons. The molecule has 0 unspecified atom stereocenters. The van der Waals surface area contributed by atoms with E-state index in [0.29, 0.717) is 12.2 Å². The van der Waals surface area contributed by atoms with Crippen LogP contribution in [0.1, 0.15) is 5.56 Å². The minimum atomic E-state index is -4.48. The Morgan fingerprint density at radius 1 is 1.21 bits per heavy atom. The molecular formula is C16H21F3N2O3. The molecule has 0 bridgehead atoms. The predicted octanol–water partition coefficient (Wildman–Crippen LogP) is 2.06. The van der Waals surface area contributed by atoms with E-state index in [4.69, 9.17) is 9.47 Å². The van der Waals surface area contributed by atoms with Gasteiger partial charge in [0.1, 0.15) is 6.54 Å². The number of anilines is 1. The first-order chi connectivity index (χ1) is 11.3. The number of carbonyl (C=O) groups is 1. The number of amides is 1. The second-order valence-corrected chi connectivity index (χ2v) is 5.80. The molecule has 24 heavy (non-hydrogen) atoms. The summed E-state index contributed by atoms with van der Waals surface area (Å²) in [6, 6.07) is 7.02. The van der Waals surface area contributed by atoms with Crippen molar-refractivity contribution in [1.29, 1.82) is 0 Å². The molecule has 0 aliphatic carbocycles. The molecule has 134 valence electrons. The number of hydrogen-bond donors (Lipinski definition) is 0. The van der Waals surface area contributed by atoms with E-state index in [-0.39, 0.29) is 19.8 Å². The van der Waals surface area contributed by atoms with Crippen molar-refractivity contribution in [3.8, 4) is 0 Å². The third-order valence-electron chi connectivity index (χ3n) is 3.60. The lowest BCUT2D eigenvalue weighted by atomic mass is 10.1. The number of alkyl halides is 3. The zero-order valence-corrected chi connectivity index (χ0v) is 13.7. The molecule has 0 saturated carbocycles. The van der Waals surface area contributed by atoms with Crippen LogP contribution in [-0.4, -0.2) is 63.5 Å². The monoisotopic (exact) mass is 346 g/mol. The quantitative estimate of drug-likeness (QED) is 0.819. The van der Waals surface area contributed by atoms with E-state index in [9.17, 15) is 18.0 Å². The van der Waals surface area contributed by atoms with Crippen LogP contribution < -0.4 is 4.90 Å². The second-order valence-electron chi connectivity index (χ2n) is 5.80. The molecule has 1 heterocycles. The highest BCUT2D eigenvalue weighted by atomic mass is 19.4. The number of hydrogen-bond acceptors (Lipinski definition) is 4. The van der Waals surface area contributed by atoms with Gasteiger partial charge >= 0.3 is 6.18 Å². The molecule has 1 aromatic carbocycles. The molecule has 8 heteroatoms. The molecular weight excluding hydrogens is 325 g/mol. The van der Waals surface area contributed by atoms with Gasteiger partial charge in [-0.25, -0.2) is 0 Å². The fraction of sp³-hybridized carbons (Fsp3) is 0.562. The largest absolute Gasteiger partial charge is 0.406 e. The maximum Gasteiger partial charge on any atom is 0.406 e. The molecule has 1 aliphatic heterocycles. The Labute approximate surface area is 138 Å². The summed E-state index contributed by atoms with van der Waals surface area (Å²) in [5.74, 6) is -0.705. The van der Waals surface area contributed by atoms with E-state index in [1.807, 2.05) is 19.0 Å². The van der Waals surface area contributed by atoms with E-state index in [1.54, 1.807) is 24.3 Å². The normalized spacial score (nSPS) is 18.3. The Balaban J connectivity index is 2.11. The zero-order valence-electron chi connectivity index (χ0n) is 13.7. The van der Waals surface area contributed by atoms with Crippen LogP contribution in [0.4, 0.5) is 18.9 Å². The van der Waals surface area contributed by atoms with Crippen molar-refractivity contribution < 1.29 is 27.4 Å². The minimum Gasteiger partial charge on any atom is -0.378 e. The third kappa shape index (κ3) is 5.38. The molecule has 0 N–H and O–H groups in total. The number of rotatable bonds is 5. The van der Waals surface area contributed by atoms with Crippen LogP contribution in [0.25, 0.3) is 0 Å². The van der Waals surface area contributed by atoms with Crippen LogP contribution in [0, 0.1) is 0 Å². The van der Waals surface area contributed by atoms with Gasteiger partial charge in [0, 0.05) is 26.3 Å². The lowest BCUT2D eigenvalue weighted by Gasteiger charge is -2.30. The van der Waals surface area contributed by atoms with Crippen molar-refractivity contribution >= 4 is 11.6 Å². The van der Waals surface area contributed by atoms with Gasteiger partial charge in [-0.2, -0.15) is 13.2 Å². The summed E-state index contributed by atoms with van der Waals surface area (Å²) in [6.45, 7) is -0.928. The summed E-state index contributed by atoms with van der Waals surface area (Å²) in [7, 11) is 3.74. The van der Waals surface area contributed by atoms with Crippen molar-refractivity contribution in [2.75, 3.05) is 45.4 Å². The highest BCUT2D eigenvalue weighted by Gasteiger charge is 2.36. The second kappa shape index (κ2) is 7.85. The van der Waals surface area contributed by atoms with Crippen molar-refractivity contribution in [1.82, 2.24) is 4.90 Å². The average molecular weight is 346 g/mol. The Kier molecular flexibility index (Phi) is 6.06. The molecule has 1 atom stereocenters. The van der Waals surface area contributed by atoms with E-state index in [2.05, 4.69) is 0 Å². The lowest BCUT2D eigenvalue weighted by Crippen LogP contribution is -2.48. The summed E-state index contributed by atoms with van der Waals surface area (Å²) in [5.41, 5.74) is 1.55. The van der Waals surface area contributed by atoms with Crippen LogP contribution in [0.5, 0.6) is 0 Å². The van der Waals surface area contributed by atoms with Gasteiger partial charge in [0.25, 0.3) is 5.91 Å². The lowest BCUT2D eigenvalue weighted by molar-refractivity contribution is -0.177. The molecule has 0 spiro atoms. The summed E-state index contributed by atoms with van der Waals surface area (Å²) in [6.07, 6.45) is -5.46. The number of benzene rings is 1. The van der Waals surface area contributed by atoms with Gasteiger partial charge in [-0.1, -0.05) is 12.1 Å². The number of carbonyl (C=O) groups excluding carboxylic acids is 1. The summed E-state index contributed by atoms with van der Waals surface area (Å²) < 4.78 is 48.8. The van der Waals surface area contributed by atoms with E-state index in [1.165, 1.54) is 0 Å². The smallest absolute Gasteiger partial charge is 0.378 e. The van der Waals surface area contributed by atoms with Crippen LogP contribution in [-0.2, 0) is 20.8 Å². The van der Waals surface area contributed by atoms with Crippen LogP contribution in [0.3, 0.4) is 0 Å². The fourth-order valence-corrected chi connectivity index (χ4v) is 2.38. The highest BCUT2D eigenvalue weighted by molar-refractivity contribution is 5.81. The summed E-state index contributed by atoms with van der Waals surface area (Å²) in [4.78, 5) is 15.0. The van der Waals surface area contributed by atoms with Gasteiger partial charge in [0.2, 0.25) is 0 Å². The fourth-order valence-electron chi connectivity index (χ4n) is 2.38. The molecule has 1 aliphatic rings. The Morgan fingerprint density at radius 3 is 2.38 bits per heavy atom. The van der Waals surface area contributed by atoms with Crippen molar-refractivity contribution in [3.63, 3.8) is 0 Å². The van der Waals surface area contributed by atoms with Gasteiger partial charge in [-0.05, 0) is 17.7 Å². The Bertz CT molecular complexity index is 540. The first-order valence-electron chi connectivity index (χ1n) is 7.57. The van der Waals surface area contributed by atoms with Gasteiger partial charge < -0.3 is 19.3 Å². The molecule has 1 amide bonds. The molecule has 0 aromatic heterocycles. The van der Waals surface area contributed by atoms with Crippen molar-refractivity contribution in [3.05, 3.63) is 29.8 Å². The summed E-state index contributed by atoms with van der Waals surface area (Å²) >= 11 is 0. The maximum absolute atomic E-state index is 12.8. The molecule has 1 aromatic rings. The molecule has 5 nitrogen and oxygen atoms in total. The van der Waals surface area contributed by atoms with E-state index >= 15 is 0 Å². The van der Waals surface area contributed by atoms with Gasteiger partial charge in [0.15, 0.2) is 6.10 Å². The van der Waals surface area contributed by atoms with Gasteiger partial charge in [0.05, 0.1) is 19.8 Å². The Hall–Kier alpha value is -1.80. The van der Waals surface area contributed by atoms with Crippen LogP contribution in [0.15, 0.2) is 24.3 Å². The number of ether oxygens (including phenoxy) is 2. The molecule has 1 saturated heterocycles. The number of nitrogens with zero attached hydrogens (tertiary/aromatic N) is 2. The topological polar surface area (TPSA) is 42.0 Å². The standard InChI is InChI=1S/C16H21F3N2O3/c1-20(2)13-5-3-12(4-6-13)9-21(11-16(17,18)19)15(22)14-10-23-7-8-24-14/h3-6,14H,7-11H2,1-2H3/t14-/m0/s1.